The van der Waals surface area contributed by atoms with Crippen LogP contribution in [0.4, 0.5) is 0 Å². The lowest BCUT2D eigenvalue weighted by Crippen LogP contribution is -2.26. The maximum atomic E-state index is 11.8. The second-order valence-electron chi connectivity index (χ2n) is 6.91. The average molecular weight is 294 g/mol. The van der Waals surface area contributed by atoms with Gasteiger partial charge in [0.05, 0.1) is 10.8 Å². The molecule has 1 N–H and O–H groups in total. The largest absolute Gasteiger partial charge is 0.504 e. The van der Waals surface area contributed by atoms with Gasteiger partial charge >= 0.3 is 11.9 Å². The van der Waals surface area contributed by atoms with Gasteiger partial charge in [0.15, 0.2) is 11.5 Å². The van der Waals surface area contributed by atoms with E-state index in [1.807, 2.05) is 0 Å². The van der Waals surface area contributed by atoms with E-state index in [0.717, 1.165) is 0 Å². The SMILES string of the molecule is CC(C)(C)C(=O)Oc1ccc(O)c(OC(=O)C(C)(C)C)c1. The number of carbonyl (C=O) groups is 2. The maximum Gasteiger partial charge on any atom is 0.316 e. The molecule has 0 saturated carbocycles. The Morgan fingerprint density at radius 3 is 1.86 bits per heavy atom. The zero-order valence-corrected chi connectivity index (χ0v) is 13.3. The number of hydrogen-bond acceptors (Lipinski definition) is 5. The monoisotopic (exact) mass is 294 g/mol. The molecule has 0 aromatic heterocycles. The lowest BCUT2D eigenvalue weighted by atomic mass is 9.97. The molecule has 0 fully saturated rings. The van der Waals surface area contributed by atoms with Crippen molar-refractivity contribution in [2.24, 2.45) is 10.8 Å². The predicted octanol–water partition coefficient (Wildman–Crippen LogP) is 3.30. The molecule has 5 heteroatoms. The molecule has 0 aliphatic rings. The topological polar surface area (TPSA) is 72.8 Å². The lowest BCUT2D eigenvalue weighted by molar-refractivity contribution is -0.143. The van der Waals surface area contributed by atoms with Crippen LogP contribution in [0.3, 0.4) is 0 Å². The quantitative estimate of drug-likeness (QED) is 0.669. The number of carbonyl (C=O) groups excluding carboxylic acids is 2. The van der Waals surface area contributed by atoms with Crippen LogP contribution < -0.4 is 9.47 Å². The summed E-state index contributed by atoms with van der Waals surface area (Å²) in [6, 6.07) is 4.08. The van der Waals surface area contributed by atoms with E-state index in [2.05, 4.69) is 0 Å². The molecule has 0 saturated heterocycles. The first-order chi connectivity index (χ1) is 9.41. The second kappa shape index (κ2) is 5.76. The third-order valence-corrected chi connectivity index (χ3v) is 2.57. The fourth-order valence-electron chi connectivity index (χ4n) is 1.15. The Kier molecular flexibility index (Phi) is 4.66. The average Bonchev–Trinajstić information content (AvgIpc) is 2.30. The number of rotatable bonds is 2. The van der Waals surface area contributed by atoms with Crippen LogP contribution >= 0.6 is 0 Å². The minimum absolute atomic E-state index is 0.0332. The van der Waals surface area contributed by atoms with E-state index in [9.17, 15) is 14.7 Å². The molecule has 0 unspecified atom stereocenters. The van der Waals surface area contributed by atoms with Crippen LogP contribution in [0.25, 0.3) is 0 Å². The lowest BCUT2D eigenvalue weighted by Gasteiger charge is -2.18. The van der Waals surface area contributed by atoms with Gasteiger partial charge in [-0.1, -0.05) is 0 Å². The van der Waals surface area contributed by atoms with Crippen LogP contribution in [0.5, 0.6) is 17.2 Å². The molecule has 1 rings (SSSR count). The van der Waals surface area contributed by atoms with E-state index in [1.54, 1.807) is 41.5 Å². The van der Waals surface area contributed by atoms with Gasteiger partial charge in [0, 0.05) is 6.07 Å². The van der Waals surface area contributed by atoms with Gasteiger partial charge in [-0.2, -0.15) is 0 Å². The zero-order chi connectivity index (χ0) is 16.4. The molecule has 0 radical (unpaired) electrons. The first-order valence-corrected chi connectivity index (χ1v) is 6.69. The van der Waals surface area contributed by atoms with Gasteiger partial charge in [-0.15, -0.1) is 0 Å². The van der Waals surface area contributed by atoms with Crippen molar-refractivity contribution >= 4 is 11.9 Å². The number of phenols is 1. The van der Waals surface area contributed by atoms with Crippen molar-refractivity contribution < 1.29 is 24.2 Å². The number of ether oxygens (including phenoxy) is 2. The van der Waals surface area contributed by atoms with Gasteiger partial charge in [-0.3, -0.25) is 9.59 Å². The Bertz CT molecular complexity index is 547. The number of aromatic hydroxyl groups is 1. The normalized spacial score (nSPS) is 11.9. The Labute approximate surface area is 124 Å². The predicted molar refractivity (Wildman–Crippen MR) is 78.3 cm³/mol. The number of hydrogen-bond donors (Lipinski definition) is 1. The molecule has 0 atom stereocenters. The van der Waals surface area contributed by atoms with E-state index in [1.165, 1.54) is 18.2 Å². The number of phenolic OH excluding ortho intramolecular Hbond substituents is 1. The van der Waals surface area contributed by atoms with Gasteiger partial charge in [0.25, 0.3) is 0 Å². The van der Waals surface area contributed by atoms with Gasteiger partial charge < -0.3 is 14.6 Å². The van der Waals surface area contributed by atoms with Gasteiger partial charge in [0.1, 0.15) is 5.75 Å². The molecule has 0 aliphatic carbocycles. The highest BCUT2D eigenvalue weighted by Gasteiger charge is 2.26. The van der Waals surface area contributed by atoms with E-state index >= 15 is 0 Å². The highest BCUT2D eigenvalue weighted by molar-refractivity contribution is 5.80. The van der Waals surface area contributed by atoms with Crippen LogP contribution in [-0.4, -0.2) is 17.0 Å². The standard InChI is InChI=1S/C16H22O5/c1-15(2,3)13(18)20-10-7-8-11(17)12(9-10)21-14(19)16(4,5)6/h7-9,17H,1-6H3. The number of esters is 2. The second-order valence-corrected chi connectivity index (χ2v) is 6.91. The van der Waals surface area contributed by atoms with Crippen LogP contribution in [0.15, 0.2) is 18.2 Å². The van der Waals surface area contributed by atoms with E-state index in [-0.39, 0.29) is 17.2 Å². The van der Waals surface area contributed by atoms with Crippen molar-refractivity contribution in [1.82, 2.24) is 0 Å². The summed E-state index contributed by atoms with van der Waals surface area (Å²) in [6.07, 6.45) is 0. The fourth-order valence-corrected chi connectivity index (χ4v) is 1.15. The molecule has 0 spiro atoms. The van der Waals surface area contributed by atoms with Gasteiger partial charge in [-0.25, -0.2) is 0 Å². The highest BCUT2D eigenvalue weighted by atomic mass is 16.6. The van der Waals surface area contributed by atoms with E-state index in [0.29, 0.717) is 0 Å². The van der Waals surface area contributed by atoms with Crippen LogP contribution in [0.1, 0.15) is 41.5 Å². The van der Waals surface area contributed by atoms with Crippen LogP contribution in [0.2, 0.25) is 0 Å². The van der Waals surface area contributed by atoms with Crippen LogP contribution in [-0.2, 0) is 9.59 Å². The van der Waals surface area contributed by atoms with Crippen molar-refractivity contribution in [3.05, 3.63) is 18.2 Å². The summed E-state index contributed by atoms with van der Waals surface area (Å²) < 4.78 is 10.3. The van der Waals surface area contributed by atoms with Crippen molar-refractivity contribution in [2.45, 2.75) is 41.5 Å². The molecule has 1 aromatic rings. The zero-order valence-electron chi connectivity index (χ0n) is 13.3. The molecule has 5 nitrogen and oxygen atoms in total. The Balaban J connectivity index is 2.96. The first-order valence-electron chi connectivity index (χ1n) is 6.69. The van der Waals surface area contributed by atoms with E-state index in [4.69, 9.17) is 9.47 Å². The van der Waals surface area contributed by atoms with Crippen molar-refractivity contribution in [3.63, 3.8) is 0 Å². The maximum absolute atomic E-state index is 11.8. The summed E-state index contributed by atoms with van der Waals surface area (Å²) >= 11 is 0. The molecule has 0 amide bonds. The summed E-state index contributed by atoms with van der Waals surface area (Å²) in [4.78, 5) is 23.7. The van der Waals surface area contributed by atoms with Crippen molar-refractivity contribution in [2.75, 3.05) is 0 Å². The van der Waals surface area contributed by atoms with Gasteiger partial charge in [0.2, 0.25) is 0 Å². The summed E-state index contributed by atoms with van der Waals surface area (Å²) in [5.41, 5.74) is -1.36. The summed E-state index contributed by atoms with van der Waals surface area (Å²) in [7, 11) is 0. The third kappa shape index (κ3) is 4.77. The van der Waals surface area contributed by atoms with Gasteiger partial charge in [-0.05, 0) is 53.7 Å². The molecule has 0 heterocycles. The summed E-state index contributed by atoms with van der Waals surface area (Å²) in [5, 5.41) is 9.73. The molecular weight excluding hydrogens is 272 g/mol. The van der Waals surface area contributed by atoms with Crippen LogP contribution in [0, 0.1) is 10.8 Å². The molecule has 116 valence electrons. The summed E-state index contributed by atoms with van der Waals surface area (Å²) in [6.45, 7) is 10.3. The third-order valence-electron chi connectivity index (χ3n) is 2.57. The number of benzene rings is 1. The summed E-state index contributed by atoms with van der Waals surface area (Å²) in [5.74, 6) is -0.917. The Hall–Kier alpha value is -2.04. The first kappa shape index (κ1) is 17.0. The highest BCUT2D eigenvalue weighted by Crippen LogP contribution is 2.33. The van der Waals surface area contributed by atoms with Crippen molar-refractivity contribution in [3.8, 4) is 17.2 Å². The Morgan fingerprint density at radius 1 is 0.905 bits per heavy atom. The van der Waals surface area contributed by atoms with E-state index < -0.39 is 22.8 Å². The smallest absolute Gasteiger partial charge is 0.316 e. The molecule has 21 heavy (non-hydrogen) atoms. The molecule has 1 aromatic carbocycles. The minimum Gasteiger partial charge on any atom is -0.504 e. The molecule has 0 bridgehead atoms. The minimum atomic E-state index is -0.704. The fraction of sp³-hybridized carbons (Fsp3) is 0.500. The molecular formula is C16H22O5. The van der Waals surface area contributed by atoms with Crippen molar-refractivity contribution in [1.29, 1.82) is 0 Å². The Morgan fingerprint density at radius 2 is 1.38 bits per heavy atom. The molecule has 0 aliphatic heterocycles.